The molecule has 0 radical (unpaired) electrons. The third kappa shape index (κ3) is 5.48. The summed E-state index contributed by atoms with van der Waals surface area (Å²) < 4.78 is 0. The molecule has 1 aliphatic carbocycles. The van der Waals surface area contributed by atoms with Gasteiger partial charge in [-0.25, -0.2) is 0 Å². The number of H-pyrrole nitrogens is 1. The number of anilines is 1. The van der Waals surface area contributed by atoms with Crippen LogP contribution in [0.25, 0.3) is 22.6 Å². The summed E-state index contributed by atoms with van der Waals surface area (Å²) in [5.74, 6) is 0.591. The molecule has 1 aliphatic heterocycles. The third-order valence-corrected chi connectivity index (χ3v) is 9.81. The minimum atomic E-state index is -0.492. The molecule has 6 rings (SSSR count). The molecule has 2 heterocycles. The maximum Gasteiger partial charge on any atom is 0.195 e. The molecule has 1 aromatic heterocycles. The number of hydrogen-bond donors (Lipinski definition) is 3. The van der Waals surface area contributed by atoms with Crippen LogP contribution in [0.2, 0.25) is 0 Å². The van der Waals surface area contributed by atoms with Crippen LogP contribution in [-0.4, -0.2) is 42.4 Å². The van der Waals surface area contributed by atoms with Gasteiger partial charge in [0, 0.05) is 88.8 Å². The molecule has 3 N–H and O–H groups in total. The molecule has 3 aromatic carbocycles. The Kier molecular flexibility index (Phi) is 8.46. The molecule has 0 spiro atoms. The summed E-state index contributed by atoms with van der Waals surface area (Å²) >= 11 is 0. The van der Waals surface area contributed by atoms with Crippen molar-refractivity contribution in [2.75, 3.05) is 24.5 Å². The first-order valence-corrected chi connectivity index (χ1v) is 16.4. The van der Waals surface area contributed by atoms with Gasteiger partial charge in [-0.1, -0.05) is 46.4 Å². The molecule has 0 amide bonds. The van der Waals surface area contributed by atoms with Crippen LogP contribution in [0.4, 0.5) is 5.69 Å². The SMILES string of the molecule is C=Cc1cc(N2CC(CN/C=C(\C=N)c3cc4c(cc3CC)C(=O)c3c([nH]c5cc(C#N)ccc35)C4(C)C)C2)ccc1C(=O)CCC. The predicted octanol–water partition coefficient (Wildman–Crippen LogP) is 7.81. The average Bonchev–Trinajstić information content (AvgIpc) is 3.46. The number of Topliss-reactive ketones (excluding diaryl/α,β-unsaturated/α-hetero) is 1. The van der Waals surface area contributed by atoms with Gasteiger partial charge in [-0.2, -0.15) is 5.26 Å². The van der Waals surface area contributed by atoms with Gasteiger partial charge in [-0.15, -0.1) is 0 Å². The maximum atomic E-state index is 14.0. The Balaban J connectivity index is 1.20. The van der Waals surface area contributed by atoms with Crippen molar-refractivity contribution in [2.24, 2.45) is 5.92 Å². The lowest BCUT2D eigenvalue weighted by Crippen LogP contribution is -2.50. The molecule has 238 valence electrons. The van der Waals surface area contributed by atoms with Gasteiger partial charge in [0.15, 0.2) is 11.6 Å². The number of carbonyl (C=O) groups is 2. The minimum Gasteiger partial charge on any atom is -0.390 e. The molecule has 0 saturated carbocycles. The number of nitrogens with one attached hydrogen (secondary N) is 3. The van der Waals surface area contributed by atoms with Gasteiger partial charge in [-0.3, -0.25) is 9.59 Å². The largest absolute Gasteiger partial charge is 0.390 e. The second-order valence-electron chi connectivity index (χ2n) is 13.2. The molecular weight excluding hydrogens is 582 g/mol. The highest BCUT2D eigenvalue weighted by Gasteiger charge is 2.40. The van der Waals surface area contributed by atoms with Crippen LogP contribution < -0.4 is 10.2 Å². The summed E-state index contributed by atoms with van der Waals surface area (Å²) in [5, 5.41) is 22.0. The van der Waals surface area contributed by atoms with E-state index in [2.05, 4.69) is 60.8 Å². The van der Waals surface area contributed by atoms with E-state index in [9.17, 15) is 14.9 Å². The molecule has 7 nitrogen and oxygen atoms in total. The molecule has 4 aromatic rings. The number of nitriles is 1. The first kappa shape index (κ1) is 31.7. The number of aromatic nitrogens is 1. The fourth-order valence-electron chi connectivity index (χ4n) is 7.13. The Hall–Kier alpha value is -5.22. The Morgan fingerprint density at radius 3 is 2.62 bits per heavy atom. The fourth-order valence-corrected chi connectivity index (χ4v) is 7.13. The topological polar surface area (TPSA) is 113 Å². The van der Waals surface area contributed by atoms with Gasteiger partial charge in [0.1, 0.15) is 0 Å². The number of allylic oxidation sites excluding steroid dienone is 1. The number of benzene rings is 3. The number of hydrogen-bond acceptors (Lipinski definition) is 6. The minimum absolute atomic E-state index is 0.0120. The number of nitrogens with zero attached hydrogens (tertiary/aromatic N) is 2. The van der Waals surface area contributed by atoms with Crippen LogP contribution in [-0.2, 0) is 11.8 Å². The molecule has 1 saturated heterocycles. The second kappa shape index (κ2) is 12.5. The van der Waals surface area contributed by atoms with Crippen molar-refractivity contribution in [1.29, 1.82) is 10.7 Å². The maximum absolute atomic E-state index is 14.0. The van der Waals surface area contributed by atoms with Crippen molar-refractivity contribution in [2.45, 2.75) is 52.4 Å². The lowest BCUT2D eigenvalue weighted by molar-refractivity contribution is 0.0980. The molecule has 0 atom stereocenters. The van der Waals surface area contributed by atoms with Gasteiger partial charge in [0.25, 0.3) is 0 Å². The molecular formula is C40H41N5O2. The van der Waals surface area contributed by atoms with Crippen molar-refractivity contribution in [3.8, 4) is 6.07 Å². The van der Waals surface area contributed by atoms with E-state index in [1.807, 2.05) is 37.4 Å². The van der Waals surface area contributed by atoms with Crippen molar-refractivity contribution in [3.63, 3.8) is 0 Å². The zero-order valence-corrected chi connectivity index (χ0v) is 27.6. The van der Waals surface area contributed by atoms with Gasteiger partial charge in [0.2, 0.25) is 0 Å². The second-order valence-corrected chi connectivity index (χ2v) is 13.2. The molecule has 0 unspecified atom stereocenters. The number of aryl methyl sites for hydroxylation is 1. The highest BCUT2D eigenvalue weighted by Crippen LogP contribution is 2.45. The van der Waals surface area contributed by atoms with Gasteiger partial charge in [0.05, 0.1) is 17.2 Å². The quantitative estimate of drug-likeness (QED) is 0.117. The van der Waals surface area contributed by atoms with Crippen LogP contribution in [0.5, 0.6) is 0 Å². The monoisotopic (exact) mass is 623 g/mol. The lowest BCUT2D eigenvalue weighted by atomic mass is 9.70. The summed E-state index contributed by atoms with van der Waals surface area (Å²) in [6, 6.07) is 17.7. The highest BCUT2D eigenvalue weighted by molar-refractivity contribution is 6.20. The fraction of sp³-hybridized carbons (Fsp3) is 0.300. The van der Waals surface area contributed by atoms with Gasteiger partial charge < -0.3 is 20.6 Å². The van der Waals surface area contributed by atoms with E-state index in [1.165, 1.54) is 6.21 Å². The average molecular weight is 624 g/mol. The molecule has 7 heteroatoms. The Bertz CT molecular complexity index is 2020. The van der Waals surface area contributed by atoms with Crippen LogP contribution in [0.15, 0.2) is 61.3 Å². The summed E-state index contributed by atoms with van der Waals surface area (Å²) in [4.78, 5) is 32.3. The van der Waals surface area contributed by atoms with Crippen molar-refractivity contribution in [3.05, 3.63) is 112 Å². The Labute approximate surface area is 276 Å². The van der Waals surface area contributed by atoms with E-state index in [0.29, 0.717) is 29.0 Å². The van der Waals surface area contributed by atoms with Crippen molar-refractivity contribution < 1.29 is 9.59 Å². The van der Waals surface area contributed by atoms with E-state index in [0.717, 1.165) is 88.2 Å². The predicted molar refractivity (Wildman–Crippen MR) is 191 cm³/mol. The van der Waals surface area contributed by atoms with E-state index in [4.69, 9.17) is 5.41 Å². The standard InChI is InChI=1S/C40H41N5O2/c1-6-9-36(46)30-13-11-29(15-26(30)7-2)45-22-25(23-45)20-43-21-28(19-42)32-17-34-33(16-27(32)8-3)38(47)37-31-12-10-24(18-41)14-35(31)44-39(37)40(34,4)5/h7,10-17,19,21,25,42-44H,2,6,8-9,20,22-23H2,1,3-5H3/b28-21+,42-19?. The number of carbonyl (C=O) groups excluding carboxylic acids is 2. The molecule has 0 bridgehead atoms. The summed E-state index contributed by atoms with van der Waals surface area (Å²) in [7, 11) is 0. The normalized spacial score (nSPS) is 15.4. The summed E-state index contributed by atoms with van der Waals surface area (Å²) in [5.41, 5.74) is 9.47. The number of aromatic amines is 1. The third-order valence-electron chi connectivity index (χ3n) is 9.81. The van der Waals surface area contributed by atoms with Crippen LogP contribution in [0.3, 0.4) is 0 Å². The van der Waals surface area contributed by atoms with Gasteiger partial charge in [-0.05, 0) is 77.6 Å². The molecule has 1 fully saturated rings. The smallest absolute Gasteiger partial charge is 0.195 e. The summed E-state index contributed by atoms with van der Waals surface area (Å²) in [6.45, 7) is 14.8. The zero-order valence-electron chi connectivity index (χ0n) is 27.6. The number of ketones is 2. The van der Waals surface area contributed by atoms with Gasteiger partial charge >= 0.3 is 0 Å². The summed E-state index contributed by atoms with van der Waals surface area (Å²) in [6.07, 6.45) is 7.17. The van der Waals surface area contributed by atoms with Crippen LogP contribution in [0, 0.1) is 22.7 Å². The van der Waals surface area contributed by atoms with Crippen LogP contribution >= 0.6 is 0 Å². The molecule has 2 aliphatic rings. The lowest BCUT2D eigenvalue weighted by Gasteiger charge is -2.41. The Morgan fingerprint density at radius 2 is 1.94 bits per heavy atom. The number of rotatable bonds is 11. The zero-order chi connectivity index (χ0) is 33.5. The Morgan fingerprint density at radius 1 is 1.15 bits per heavy atom. The van der Waals surface area contributed by atoms with E-state index >= 15 is 0 Å². The van der Waals surface area contributed by atoms with Crippen molar-refractivity contribution >= 4 is 46.0 Å². The first-order chi connectivity index (χ1) is 22.6. The number of fused-ring (bicyclic) bond motifs is 4. The first-order valence-electron chi connectivity index (χ1n) is 16.4. The van der Waals surface area contributed by atoms with E-state index in [-0.39, 0.29) is 11.6 Å². The van der Waals surface area contributed by atoms with Crippen LogP contribution in [0.1, 0.15) is 100 Å². The molecule has 47 heavy (non-hydrogen) atoms. The van der Waals surface area contributed by atoms with E-state index in [1.54, 1.807) is 18.2 Å². The van der Waals surface area contributed by atoms with E-state index < -0.39 is 5.41 Å². The highest BCUT2D eigenvalue weighted by atomic mass is 16.1. The van der Waals surface area contributed by atoms with Crippen molar-refractivity contribution in [1.82, 2.24) is 10.3 Å².